The van der Waals surface area contributed by atoms with Crippen molar-refractivity contribution < 1.29 is 23.7 Å². The van der Waals surface area contributed by atoms with Crippen LogP contribution in [-0.4, -0.2) is 52.3 Å². The van der Waals surface area contributed by atoms with E-state index >= 15 is 0 Å². The molecule has 0 bridgehead atoms. The summed E-state index contributed by atoms with van der Waals surface area (Å²) in [5, 5.41) is 6.58. The Kier molecular flexibility index (Phi) is 13.2. The molecule has 1 amide bonds. The fourth-order valence-electron chi connectivity index (χ4n) is 2.44. The topological polar surface area (TPSA) is 113 Å². The number of hydrazine groups is 1. The highest BCUT2D eigenvalue weighted by Crippen LogP contribution is 2.45. The Morgan fingerprint density at radius 1 is 1.03 bits per heavy atom. The van der Waals surface area contributed by atoms with E-state index in [0.717, 1.165) is 0 Å². The van der Waals surface area contributed by atoms with Gasteiger partial charge in [0.05, 0.1) is 0 Å². The fraction of sp³-hybridized carbons (Fsp3) is 0.579. The Labute approximate surface area is 186 Å². The molecule has 1 rings (SSSR count). The summed E-state index contributed by atoms with van der Waals surface area (Å²) >= 11 is 2.82. The predicted molar refractivity (Wildman–Crippen MR) is 123 cm³/mol. The molecule has 0 aromatic carbocycles. The van der Waals surface area contributed by atoms with E-state index in [-0.39, 0.29) is 55.9 Å². The van der Waals surface area contributed by atoms with Crippen molar-refractivity contribution in [1.29, 1.82) is 0 Å². The standard InChI is InChI=1S/C19H30N3O5PS2/c1-3-16(23)5-10-22(11-6-17(24)4-2)28(27)12-7-18(25)8-13-29-15-30-14-9-19(26)20-21-28/h8-9,13-14H,3-7,10-12,15H2,1-2H3,(H,20,26)(H,21,27)/b13-8+,14-9+. The first-order valence-electron chi connectivity index (χ1n) is 9.85. The Morgan fingerprint density at radius 3 is 2.17 bits per heavy atom. The minimum absolute atomic E-state index is 0.00976. The highest BCUT2D eigenvalue weighted by atomic mass is 32.2. The number of amides is 1. The Morgan fingerprint density at radius 2 is 1.60 bits per heavy atom. The molecule has 1 atom stereocenters. The molecule has 0 radical (unpaired) electrons. The van der Waals surface area contributed by atoms with Gasteiger partial charge in [-0.2, -0.15) is 5.20 Å². The first-order valence-corrected chi connectivity index (χ1v) is 13.8. The lowest BCUT2D eigenvalue weighted by Gasteiger charge is -2.32. The first-order chi connectivity index (χ1) is 14.3. The minimum Gasteiger partial charge on any atom is -0.300 e. The van der Waals surface area contributed by atoms with Crippen molar-refractivity contribution in [3.63, 3.8) is 0 Å². The Hall–Kier alpha value is -1.19. The molecule has 30 heavy (non-hydrogen) atoms. The molecule has 168 valence electrons. The van der Waals surface area contributed by atoms with Crippen LogP contribution in [0.25, 0.3) is 0 Å². The molecule has 1 aliphatic rings. The molecule has 0 spiro atoms. The molecule has 11 heteroatoms. The van der Waals surface area contributed by atoms with E-state index in [4.69, 9.17) is 0 Å². The van der Waals surface area contributed by atoms with Crippen LogP contribution in [-0.2, 0) is 23.7 Å². The smallest absolute Gasteiger partial charge is 0.258 e. The van der Waals surface area contributed by atoms with Gasteiger partial charge in [-0.25, -0.2) is 4.67 Å². The van der Waals surface area contributed by atoms with Gasteiger partial charge in [0.15, 0.2) is 5.78 Å². The monoisotopic (exact) mass is 475 g/mol. The van der Waals surface area contributed by atoms with Crippen LogP contribution in [0, 0.1) is 0 Å². The second-order valence-corrected chi connectivity index (χ2v) is 11.3. The number of rotatable bonds is 9. The lowest BCUT2D eigenvalue weighted by atomic mass is 10.2. The van der Waals surface area contributed by atoms with Gasteiger partial charge in [-0.15, -0.1) is 23.5 Å². The van der Waals surface area contributed by atoms with Crippen LogP contribution in [0.15, 0.2) is 23.0 Å². The largest absolute Gasteiger partial charge is 0.300 e. The number of nitrogens with zero attached hydrogens (tertiary/aromatic N) is 1. The summed E-state index contributed by atoms with van der Waals surface area (Å²) in [4.78, 5) is 47.9. The highest BCUT2D eigenvalue weighted by Gasteiger charge is 2.31. The molecule has 0 fully saturated rings. The molecule has 1 unspecified atom stereocenters. The number of carbonyl (C=O) groups is 4. The zero-order valence-electron chi connectivity index (χ0n) is 17.4. The lowest BCUT2D eigenvalue weighted by molar-refractivity contribution is -0.119. The Balaban J connectivity index is 3.07. The number of hydrogen-bond donors (Lipinski definition) is 2. The summed E-state index contributed by atoms with van der Waals surface area (Å²) in [7, 11) is -3.46. The lowest BCUT2D eigenvalue weighted by Crippen LogP contribution is -2.41. The number of Topliss-reactive ketones (excluding diaryl/α,β-unsaturated/α-hetero) is 2. The molecule has 0 aliphatic carbocycles. The summed E-state index contributed by atoms with van der Waals surface area (Å²) in [6.07, 6.45) is 3.85. The summed E-state index contributed by atoms with van der Waals surface area (Å²) in [5.41, 5.74) is 2.43. The van der Waals surface area contributed by atoms with Gasteiger partial charge >= 0.3 is 0 Å². The van der Waals surface area contributed by atoms with Gasteiger partial charge in [0.2, 0.25) is 7.44 Å². The second-order valence-electron chi connectivity index (χ2n) is 6.54. The molecule has 2 N–H and O–H groups in total. The van der Waals surface area contributed by atoms with Crippen molar-refractivity contribution in [2.24, 2.45) is 0 Å². The first kappa shape index (κ1) is 26.8. The van der Waals surface area contributed by atoms with Gasteiger partial charge < -0.3 is 0 Å². The van der Waals surface area contributed by atoms with Crippen molar-refractivity contribution in [2.45, 2.75) is 46.0 Å². The van der Waals surface area contributed by atoms with E-state index in [0.29, 0.717) is 17.9 Å². The third-order valence-electron chi connectivity index (χ3n) is 4.36. The van der Waals surface area contributed by atoms with Crippen LogP contribution in [0.4, 0.5) is 0 Å². The zero-order chi connectivity index (χ0) is 22.4. The van der Waals surface area contributed by atoms with Gasteiger partial charge in [-0.1, -0.05) is 13.8 Å². The third kappa shape index (κ3) is 10.7. The summed E-state index contributed by atoms with van der Waals surface area (Å²) in [5.74, 6) is -0.630. The van der Waals surface area contributed by atoms with E-state index < -0.39 is 13.4 Å². The number of carbonyl (C=O) groups excluding carboxylic acids is 4. The molecule has 8 nitrogen and oxygen atoms in total. The second kappa shape index (κ2) is 14.8. The number of allylic oxidation sites excluding steroid dienone is 1. The van der Waals surface area contributed by atoms with Crippen LogP contribution in [0.2, 0.25) is 0 Å². The molecule has 1 heterocycles. The summed E-state index contributed by atoms with van der Waals surface area (Å²) in [6, 6.07) is 0. The molecule has 1 aliphatic heterocycles. The van der Waals surface area contributed by atoms with E-state index in [1.807, 2.05) is 0 Å². The third-order valence-corrected chi connectivity index (χ3v) is 8.71. The maximum Gasteiger partial charge on any atom is 0.258 e. The average molecular weight is 476 g/mol. The maximum absolute atomic E-state index is 13.8. The predicted octanol–water partition coefficient (Wildman–Crippen LogP) is 3.26. The normalized spacial score (nSPS) is 23.4. The van der Waals surface area contributed by atoms with Crippen LogP contribution in [0.3, 0.4) is 0 Å². The van der Waals surface area contributed by atoms with Crippen LogP contribution >= 0.6 is 31.0 Å². The van der Waals surface area contributed by atoms with Gasteiger partial charge in [0, 0.05) is 62.5 Å². The molecular weight excluding hydrogens is 445 g/mol. The summed E-state index contributed by atoms with van der Waals surface area (Å²) in [6.45, 7) is 3.86. The average Bonchev–Trinajstić information content (AvgIpc) is 2.74. The van der Waals surface area contributed by atoms with Gasteiger partial charge in [-0.05, 0) is 16.9 Å². The molecule has 0 saturated carbocycles. The summed E-state index contributed by atoms with van der Waals surface area (Å²) < 4.78 is 15.3. The highest BCUT2D eigenvalue weighted by molar-refractivity contribution is 8.18. The minimum atomic E-state index is -3.46. The van der Waals surface area contributed by atoms with Crippen molar-refractivity contribution in [2.75, 3.05) is 24.3 Å². The maximum atomic E-state index is 13.8. The van der Waals surface area contributed by atoms with Gasteiger partial charge in [-0.3, -0.25) is 29.2 Å². The molecule has 0 saturated heterocycles. The van der Waals surface area contributed by atoms with Gasteiger partial charge in [0.25, 0.3) is 5.91 Å². The van der Waals surface area contributed by atoms with Crippen molar-refractivity contribution >= 4 is 54.2 Å². The van der Waals surface area contributed by atoms with E-state index in [1.165, 1.54) is 35.7 Å². The van der Waals surface area contributed by atoms with Gasteiger partial charge in [0.1, 0.15) is 11.6 Å². The van der Waals surface area contributed by atoms with Crippen LogP contribution < -0.4 is 10.6 Å². The van der Waals surface area contributed by atoms with E-state index in [1.54, 1.807) is 29.3 Å². The number of nitrogens with one attached hydrogen (secondary N) is 2. The van der Waals surface area contributed by atoms with E-state index in [2.05, 4.69) is 10.6 Å². The van der Waals surface area contributed by atoms with Crippen LogP contribution in [0.5, 0.6) is 0 Å². The quantitative estimate of drug-likeness (QED) is 0.485. The van der Waals surface area contributed by atoms with Crippen molar-refractivity contribution in [3.8, 4) is 0 Å². The zero-order valence-corrected chi connectivity index (χ0v) is 20.0. The van der Waals surface area contributed by atoms with Crippen molar-refractivity contribution in [1.82, 2.24) is 15.3 Å². The SMILES string of the molecule is CCC(=O)CCN(CCC(=O)CC)P1(=O)CCC(=O)/C=C/SCS/C=C/C(=O)NN1. The number of thioether (sulfide) groups is 2. The van der Waals surface area contributed by atoms with Crippen molar-refractivity contribution in [3.05, 3.63) is 23.0 Å². The number of hydrogen-bond acceptors (Lipinski definition) is 7. The number of ketones is 3. The van der Waals surface area contributed by atoms with Crippen LogP contribution in [0.1, 0.15) is 46.0 Å². The molecule has 0 aromatic rings. The Bertz CT molecular complexity index is 673. The molecular formula is C19H30N3O5PS2. The fourth-order valence-corrected chi connectivity index (χ4v) is 6.05. The van der Waals surface area contributed by atoms with E-state index in [9.17, 15) is 23.7 Å². The molecule has 0 aromatic heterocycles.